The summed E-state index contributed by atoms with van der Waals surface area (Å²) in [6, 6.07) is 0. The fraction of sp³-hybridized carbons (Fsp3) is 0.917. The number of hydrogen-bond donors (Lipinski definition) is 0. The molecular formula is C12H22IO5P. The third-order valence-electron chi connectivity index (χ3n) is 3.60. The van der Waals surface area contributed by atoms with Gasteiger partial charge < -0.3 is 13.8 Å². The third-order valence-corrected chi connectivity index (χ3v) is 7.61. The minimum absolute atomic E-state index is 0.0236. The number of rotatable bonds is 7. The first-order valence-electron chi connectivity index (χ1n) is 6.56. The van der Waals surface area contributed by atoms with E-state index in [9.17, 15) is 9.36 Å². The zero-order valence-electron chi connectivity index (χ0n) is 11.7. The summed E-state index contributed by atoms with van der Waals surface area (Å²) in [5, 5.41) is -1.13. The van der Waals surface area contributed by atoms with E-state index in [1.54, 1.807) is 13.8 Å². The van der Waals surface area contributed by atoms with Crippen molar-refractivity contribution in [2.75, 3.05) is 24.8 Å². The Kier molecular flexibility index (Phi) is 6.76. The number of ether oxygens (including phenoxy) is 1. The average Bonchev–Trinajstić information content (AvgIpc) is 2.83. The first-order chi connectivity index (χ1) is 9.02. The highest BCUT2D eigenvalue weighted by atomic mass is 127. The van der Waals surface area contributed by atoms with Crippen LogP contribution in [0.25, 0.3) is 0 Å². The highest BCUT2D eigenvalue weighted by Crippen LogP contribution is 2.68. The smallest absolute Gasteiger partial charge is 0.348 e. The minimum Gasteiger partial charge on any atom is -0.468 e. The minimum atomic E-state index is -3.52. The van der Waals surface area contributed by atoms with Crippen molar-refractivity contribution in [1.29, 1.82) is 0 Å². The van der Waals surface area contributed by atoms with Gasteiger partial charge in [0.05, 0.1) is 20.3 Å². The normalized spacial score (nSPS) is 27.5. The number of hydrogen-bond acceptors (Lipinski definition) is 5. The van der Waals surface area contributed by atoms with Crippen LogP contribution < -0.4 is 0 Å². The molecule has 0 unspecified atom stereocenters. The molecule has 0 aromatic carbocycles. The fourth-order valence-electron chi connectivity index (χ4n) is 2.79. The van der Waals surface area contributed by atoms with Gasteiger partial charge in [0.2, 0.25) is 0 Å². The van der Waals surface area contributed by atoms with E-state index < -0.39 is 18.7 Å². The number of halogens is 1. The molecule has 1 aliphatic carbocycles. The molecule has 5 nitrogen and oxygen atoms in total. The molecule has 0 spiro atoms. The van der Waals surface area contributed by atoms with Gasteiger partial charge in [0.15, 0.2) is 5.16 Å². The predicted octanol–water partition coefficient (Wildman–Crippen LogP) is 3.40. The Hall–Kier alpha value is 0.350. The Morgan fingerprint density at radius 2 is 1.95 bits per heavy atom. The molecule has 0 heterocycles. The molecule has 0 N–H and O–H groups in total. The Bertz CT molecular complexity index is 352. The Morgan fingerprint density at radius 3 is 2.37 bits per heavy atom. The van der Waals surface area contributed by atoms with E-state index in [1.807, 2.05) is 0 Å². The largest absolute Gasteiger partial charge is 0.468 e. The standard InChI is InChI=1S/C12H22IO5P/c1-4-17-19(15,18-5-2)12(11(14)16-3)8-6-7-10(12)9-13/h10H,4-9H2,1-3H3/t10-,12+/m1/s1. The number of alkyl halides is 1. The molecule has 0 radical (unpaired) electrons. The number of esters is 1. The first-order valence-corrected chi connectivity index (χ1v) is 9.62. The summed E-state index contributed by atoms with van der Waals surface area (Å²) in [6.45, 7) is 4.02. The van der Waals surface area contributed by atoms with E-state index in [2.05, 4.69) is 22.6 Å². The summed E-state index contributed by atoms with van der Waals surface area (Å²) >= 11 is 2.22. The number of carbonyl (C=O) groups is 1. The van der Waals surface area contributed by atoms with E-state index >= 15 is 0 Å². The fourth-order valence-corrected chi connectivity index (χ4v) is 6.96. The predicted molar refractivity (Wildman–Crippen MR) is 81.8 cm³/mol. The number of methoxy groups -OCH3 is 1. The third kappa shape index (κ3) is 3.01. The molecular weight excluding hydrogens is 382 g/mol. The SMILES string of the molecule is CCOP(=O)(OCC)[C@@]1(C(=O)OC)CCC[C@@H]1CI. The van der Waals surface area contributed by atoms with Gasteiger partial charge in [-0.05, 0) is 32.6 Å². The van der Waals surface area contributed by atoms with Crippen molar-refractivity contribution in [3.8, 4) is 0 Å². The molecule has 1 rings (SSSR count). The van der Waals surface area contributed by atoms with Crippen LogP contribution in [0.1, 0.15) is 33.1 Å². The van der Waals surface area contributed by atoms with Crippen molar-refractivity contribution >= 4 is 36.2 Å². The maximum Gasteiger partial charge on any atom is 0.348 e. The van der Waals surface area contributed by atoms with Crippen LogP contribution in [-0.2, 0) is 23.1 Å². The second-order valence-electron chi connectivity index (χ2n) is 4.49. The molecule has 7 heteroatoms. The lowest BCUT2D eigenvalue weighted by Crippen LogP contribution is -2.44. The van der Waals surface area contributed by atoms with Crippen LogP contribution in [0, 0.1) is 5.92 Å². The number of carbonyl (C=O) groups excluding carboxylic acids is 1. The summed E-state index contributed by atoms with van der Waals surface area (Å²) in [6.07, 6.45) is 2.19. The van der Waals surface area contributed by atoms with Gasteiger partial charge in [-0.2, -0.15) is 0 Å². The van der Waals surface area contributed by atoms with Crippen LogP contribution in [0.4, 0.5) is 0 Å². The summed E-state index contributed by atoms with van der Waals surface area (Å²) in [5.74, 6) is -0.485. The average molecular weight is 404 g/mol. The molecule has 19 heavy (non-hydrogen) atoms. The molecule has 0 aromatic heterocycles. The molecule has 0 aliphatic heterocycles. The lowest BCUT2D eigenvalue weighted by atomic mass is 9.97. The Morgan fingerprint density at radius 1 is 1.37 bits per heavy atom. The second kappa shape index (κ2) is 7.38. The molecule has 0 bridgehead atoms. The zero-order valence-corrected chi connectivity index (χ0v) is 14.7. The molecule has 0 amide bonds. The van der Waals surface area contributed by atoms with Gasteiger partial charge >= 0.3 is 13.6 Å². The van der Waals surface area contributed by atoms with Crippen molar-refractivity contribution in [1.82, 2.24) is 0 Å². The summed E-state index contributed by atoms with van der Waals surface area (Å²) in [7, 11) is -2.19. The van der Waals surface area contributed by atoms with Gasteiger partial charge in [-0.15, -0.1) is 0 Å². The van der Waals surface area contributed by atoms with E-state index in [0.29, 0.717) is 6.42 Å². The van der Waals surface area contributed by atoms with E-state index in [1.165, 1.54) is 7.11 Å². The topological polar surface area (TPSA) is 61.8 Å². The van der Waals surface area contributed by atoms with Gasteiger partial charge in [-0.25, -0.2) is 0 Å². The molecule has 0 saturated heterocycles. The maximum absolute atomic E-state index is 13.2. The molecule has 112 valence electrons. The molecule has 1 saturated carbocycles. The van der Waals surface area contributed by atoms with E-state index in [-0.39, 0.29) is 19.1 Å². The van der Waals surface area contributed by atoms with Gasteiger partial charge in [0, 0.05) is 4.43 Å². The van der Waals surface area contributed by atoms with Crippen molar-refractivity contribution in [2.24, 2.45) is 5.92 Å². The van der Waals surface area contributed by atoms with Crippen LogP contribution in [-0.4, -0.2) is 35.9 Å². The van der Waals surface area contributed by atoms with Crippen LogP contribution >= 0.6 is 30.2 Å². The highest BCUT2D eigenvalue weighted by Gasteiger charge is 2.63. The quantitative estimate of drug-likeness (QED) is 0.282. The monoisotopic (exact) mass is 404 g/mol. The highest BCUT2D eigenvalue weighted by molar-refractivity contribution is 14.1. The summed E-state index contributed by atoms with van der Waals surface area (Å²) < 4.78 is 29.7. The first kappa shape index (κ1) is 17.4. The van der Waals surface area contributed by atoms with Crippen molar-refractivity contribution < 1.29 is 23.1 Å². The lowest BCUT2D eigenvalue weighted by Gasteiger charge is -2.37. The zero-order chi connectivity index (χ0) is 14.5. The van der Waals surface area contributed by atoms with Crippen LogP contribution in [0.2, 0.25) is 0 Å². The van der Waals surface area contributed by atoms with Crippen LogP contribution in [0.5, 0.6) is 0 Å². The van der Waals surface area contributed by atoms with Crippen molar-refractivity contribution in [3.05, 3.63) is 0 Å². The van der Waals surface area contributed by atoms with E-state index in [4.69, 9.17) is 13.8 Å². The summed E-state index contributed by atoms with van der Waals surface area (Å²) in [4.78, 5) is 12.3. The summed E-state index contributed by atoms with van der Waals surface area (Å²) in [5.41, 5.74) is 0. The van der Waals surface area contributed by atoms with E-state index in [0.717, 1.165) is 17.3 Å². The molecule has 2 atom stereocenters. The van der Waals surface area contributed by atoms with Crippen LogP contribution in [0.3, 0.4) is 0 Å². The van der Waals surface area contributed by atoms with Crippen LogP contribution in [0.15, 0.2) is 0 Å². The maximum atomic E-state index is 13.2. The lowest BCUT2D eigenvalue weighted by molar-refractivity contribution is -0.145. The van der Waals surface area contributed by atoms with Gasteiger partial charge in [-0.3, -0.25) is 9.36 Å². The second-order valence-corrected chi connectivity index (χ2v) is 7.68. The molecule has 0 aromatic rings. The molecule has 1 aliphatic rings. The van der Waals surface area contributed by atoms with Gasteiger partial charge in [0.25, 0.3) is 0 Å². The van der Waals surface area contributed by atoms with Crippen molar-refractivity contribution in [3.63, 3.8) is 0 Å². The van der Waals surface area contributed by atoms with Crippen molar-refractivity contribution in [2.45, 2.75) is 38.3 Å². The van der Waals surface area contributed by atoms with Gasteiger partial charge in [-0.1, -0.05) is 29.0 Å². The van der Waals surface area contributed by atoms with Gasteiger partial charge in [0.1, 0.15) is 0 Å². The Labute approximate surface area is 128 Å². The Balaban J connectivity index is 3.28. The molecule has 1 fully saturated rings.